The molecule has 2 N–H and O–H groups in total. The summed E-state index contributed by atoms with van der Waals surface area (Å²) in [5.41, 5.74) is 1.48. The van der Waals surface area contributed by atoms with Gasteiger partial charge in [0.1, 0.15) is 11.1 Å². The Morgan fingerprint density at radius 3 is 2.96 bits per heavy atom. The monoisotopic (exact) mass is 419 g/mol. The number of aromatic nitrogens is 3. The van der Waals surface area contributed by atoms with Gasteiger partial charge in [0, 0.05) is 11.4 Å². The van der Waals surface area contributed by atoms with Gasteiger partial charge < -0.3 is 5.32 Å². The molecule has 3 rings (SSSR count). The van der Waals surface area contributed by atoms with Crippen LogP contribution in [0.25, 0.3) is 0 Å². The van der Waals surface area contributed by atoms with Crippen LogP contribution < -0.4 is 11.0 Å². The Morgan fingerprint density at radius 2 is 2.21 bits per heavy atom. The van der Waals surface area contributed by atoms with Crippen LogP contribution in [0.5, 0.6) is 0 Å². The maximum atomic E-state index is 12.7. The maximum absolute atomic E-state index is 12.7. The first-order valence-electron chi connectivity index (χ1n) is 9.72. The van der Waals surface area contributed by atoms with Gasteiger partial charge in [0.05, 0.1) is 10.8 Å². The molecule has 0 spiro atoms. The second kappa shape index (κ2) is 9.43. The van der Waals surface area contributed by atoms with Crippen LogP contribution in [0.2, 0.25) is 0 Å². The van der Waals surface area contributed by atoms with Crippen LogP contribution in [0.4, 0.5) is 5.00 Å². The molecule has 2 aromatic rings. The van der Waals surface area contributed by atoms with Crippen LogP contribution in [-0.2, 0) is 24.2 Å². The number of fused-ring (bicyclic) bond motifs is 1. The number of hydrogen-bond acceptors (Lipinski definition) is 6. The first-order valence-corrected chi connectivity index (χ1v) is 11.4. The van der Waals surface area contributed by atoms with E-state index in [2.05, 4.69) is 28.5 Å². The highest BCUT2D eigenvalue weighted by atomic mass is 32.2. The van der Waals surface area contributed by atoms with E-state index >= 15 is 0 Å². The van der Waals surface area contributed by atoms with Gasteiger partial charge in [0.2, 0.25) is 5.91 Å². The second-order valence-electron chi connectivity index (χ2n) is 6.95. The van der Waals surface area contributed by atoms with E-state index in [1.165, 1.54) is 34.4 Å². The summed E-state index contributed by atoms with van der Waals surface area (Å²) < 4.78 is 1.58. The van der Waals surface area contributed by atoms with E-state index in [0.29, 0.717) is 22.3 Å². The van der Waals surface area contributed by atoms with Crippen LogP contribution in [0.3, 0.4) is 0 Å². The van der Waals surface area contributed by atoms with Crippen molar-refractivity contribution in [1.82, 2.24) is 14.8 Å². The Morgan fingerprint density at radius 1 is 1.43 bits per heavy atom. The lowest BCUT2D eigenvalue weighted by Gasteiger charge is -2.11. The standard InChI is InChI=1S/C19H25N5O2S2/c1-3-4-10-24-18(26)22-23-19(24)27-12(2)16(25)21-17-14(11-20)13-8-6-5-7-9-15(13)28-17/h12H,3-10H2,1-2H3,(H,21,25)(H,22,26). The number of thioether (sulfide) groups is 1. The molecule has 7 nitrogen and oxygen atoms in total. The van der Waals surface area contributed by atoms with Gasteiger partial charge in [-0.25, -0.2) is 9.89 Å². The maximum Gasteiger partial charge on any atom is 0.343 e. The summed E-state index contributed by atoms with van der Waals surface area (Å²) in [5, 5.41) is 19.8. The van der Waals surface area contributed by atoms with Crippen molar-refractivity contribution >= 4 is 34.0 Å². The fourth-order valence-electron chi connectivity index (χ4n) is 3.28. The molecule has 2 aromatic heterocycles. The average Bonchev–Trinajstić information content (AvgIpc) is 3.09. The molecule has 1 aliphatic carbocycles. The highest BCUT2D eigenvalue weighted by molar-refractivity contribution is 8.00. The third kappa shape index (κ3) is 4.50. The summed E-state index contributed by atoms with van der Waals surface area (Å²) in [5.74, 6) is -0.185. The van der Waals surface area contributed by atoms with E-state index in [4.69, 9.17) is 0 Å². The van der Waals surface area contributed by atoms with Gasteiger partial charge in [0.25, 0.3) is 0 Å². The minimum absolute atomic E-state index is 0.185. The Balaban J connectivity index is 1.72. The van der Waals surface area contributed by atoms with Gasteiger partial charge in [-0.15, -0.1) is 16.4 Å². The number of aryl methyl sites for hydroxylation is 1. The van der Waals surface area contributed by atoms with E-state index in [1.54, 1.807) is 11.5 Å². The summed E-state index contributed by atoms with van der Waals surface area (Å²) >= 11 is 2.78. The van der Waals surface area contributed by atoms with Crippen molar-refractivity contribution in [2.45, 2.75) is 75.7 Å². The number of nitrogens with zero attached hydrogens (tertiary/aromatic N) is 3. The number of amides is 1. The zero-order valence-corrected chi connectivity index (χ0v) is 17.8. The number of thiophene rings is 1. The number of rotatable bonds is 7. The van der Waals surface area contributed by atoms with Crippen molar-refractivity contribution in [3.05, 3.63) is 26.5 Å². The number of aromatic amines is 1. The lowest BCUT2D eigenvalue weighted by molar-refractivity contribution is -0.115. The van der Waals surface area contributed by atoms with Crippen molar-refractivity contribution in [2.75, 3.05) is 5.32 Å². The van der Waals surface area contributed by atoms with E-state index in [1.807, 2.05) is 0 Å². The van der Waals surface area contributed by atoms with E-state index in [9.17, 15) is 14.9 Å². The highest BCUT2D eigenvalue weighted by Crippen LogP contribution is 2.37. The minimum atomic E-state index is -0.441. The number of nitriles is 1. The van der Waals surface area contributed by atoms with E-state index in [0.717, 1.165) is 44.1 Å². The first kappa shape index (κ1) is 20.7. The third-order valence-electron chi connectivity index (χ3n) is 4.88. The van der Waals surface area contributed by atoms with Crippen LogP contribution >= 0.6 is 23.1 Å². The van der Waals surface area contributed by atoms with E-state index < -0.39 is 5.25 Å². The summed E-state index contributed by atoms with van der Waals surface area (Å²) in [7, 11) is 0. The molecule has 1 unspecified atom stereocenters. The molecule has 0 radical (unpaired) electrons. The molecule has 0 saturated heterocycles. The van der Waals surface area contributed by atoms with Gasteiger partial charge in [-0.1, -0.05) is 31.5 Å². The van der Waals surface area contributed by atoms with Crippen molar-refractivity contribution in [2.24, 2.45) is 0 Å². The van der Waals surface area contributed by atoms with Crippen molar-refractivity contribution in [3.63, 3.8) is 0 Å². The second-order valence-corrected chi connectivity index (χ2v) is 9.36. The van der Waals surface area contributed by atoms with Gasteiger partial charge in [-0.2, -0.15) is 5.26 Å². The molecule has 28 heavy (non-hydrogen) atoms. The molecule has 1 aliphatic rings. The Hall–Kier alpha value is -2.05. The molecule has 0 saturated carbocycles. The van der Waals surface area contributed by atoms with Crippen molar-refractivity contribution < 1.29 is 4.79 Å². The van der Waals surface area contributed by atoms with Crippen LogP contribution in [0.15, 0.2) is 9.95 Å². The molecule has 0 bridgehead atoms. The summed E-state index contributed by atoms with van der Waals surface area (Å²) in [6.45, 7) is 4.43. The Bertz CT molecular complexity index is 937. The number of anilines is 1. The molecule has 1 atom stereocenters. The van der Waals surface area contributed by atoms with Gasteiger partial charge >= 0.3 is 5.69 Å². The molecular weight excluding hydrogens is 394 g/mol. The topological polar surface area (TPSA) is 104 Å². The van der Waals surface area contributed by atoms with Crippen LogP contribution in [0, 0.1) is 11.3 Å². The van der Waals surface area contributed by atoms with E-state index in [-0.39, 0.29) is 11.6 Å². The van der Waals surface area contributed by atoms with Crippen LogP contribution in [0.1, 0.15) is 62.0 Å². The molecule has 2 heterocycles. The smallest absolute Gasteiger partial charge is 0.316 e. The Kier molecular flexibility index (Phi) is 6.97. The number of carbonyl (C=O) groups is 1. The number of nitrogens with one attached hydrogen (secondary N) is 2. The predicted octanol–water partition coefficient (Wildman–Crippen LogP) is 3.69. The molecule has 0 fully saturated rings. The SMILES string of the molecule is CCCCn1c(SC(C)C(=O)Nc2sc3c(c2C#N)CCCCC3)n[nH]c1=O. The fourth-order valence-corrected chi connectivity index (χ4v) is 5.41. The number of carbonyl (C=O) groups excluding carboxylic acids is 1. The van der Waals surface area contributed by atoms with Gasteiger partial charge in [0.15, 0.2) is 5.16 Å². The normalized spacial score (nSPS) is 14.8. The average molecular weight is 420 g/mol. The molecule has 150 valence electrons. The lowest BCUT2D eigenvalue weighted by Crippen LogP contribution is -2.24. The van der Waals surface area contributed by atoms with Crippen molar-refractivity contribution in [3.8, 4) is 6.07 Å². The summed E-state index contributed by atoms with van der Waals surface area (Å²) in [6.07, 6.45) is 7.14. The quantitative estimate of drug-likeness (QED) is 0.526. The molecule has 0 aliphatic heterocycles. The van der Waals surface area contributed by atoms with Crippen LogP contribution in [-0.4, -0.2) is 25.9 Å². The number of hydrogen-bond donors (Lipinski definition) is 2. The number of unbranched alkanes of at least 4 members (excludes halogenated alkanes) is 1. The van der Waals surface area contributed by atoms with Gasteiger partial charge in [-0.3, -0.25) is 9.36 Å². The van der Waals surface area contributed by atoms with Gasteiger partial charge in [-0.05, 0) is 44.6 Å². The lowest BCUT2D eigenvalue weighted by atomic mass is 10.1. The molecule has 0 aromatic carbocycles. The zero-order chi connectivity index (χ0) is 20.1. The largest absolute Gasteiger partial charge is 0.343 e. The Labute approximate surface area is 172 Å². The zero-order valence-electron chi connectivity index (χ0n) is 16.2. The highest BCUT2D eigenvalue weighted by Gasteiger charge is 2.24. The molecular formula is C19H25N5O2S2. The first-order chi connectivity index (χ1) is 13.5. The predicted molar refractivity (Wildman–Crippen MR) is 112 cm³/mol. The number of H-pyrrole nitrogens is 1. The molecule has 1 amide bonds. The summed E-state index contributed by atoms with van der Waals surface area (Å²) in [6, 6.07) is 2.29. The third-order valence-corrected chi connectivity index (χ3v) is 7.18. The minimum Gasteiger partial charge on any atom is -0.316 e. The fraction of sp³-hybridized carbons (Fsp3) is 0.579. The summed E-state index contributed by atoms with van der Waals surface area (Å²) in [4.78, 5) is 25.9. The molecule has 9 heteroatoms. The van der Waals surface area contributed by atoms with Crippen molar-refractivity contribution in [1.29, 1.82) is 5.26 Å².